The topological polar surface area (TPSA) is 53.5 Å². The van der Waals surface area contributed by atoms with Gasteiger partial charge in [0.2, 0.25) is 11.8 Å². The summed E-state index contributed by atoms with van der Waals surface area (Å²) in [6.45, 7) is 7.19. The molecule has 1 fully saturated rings. The fourth-order valence-corrected chi connectivity index (χ4v) is 4.06. The zero-order chi connectivity index (χ0) is 16.1. The Morgan fingerprint density at radius 3 is 2.77 bits per heavy atom. The van der Waals surface area contributed by atoms with Crippen LogP contribution >= 0.6 is 23.1 Å². The van der Waals surface area contributed by atoms with Gasteiger partial charge in [-0.2, -0.15) is 0 Å². The third-order valence-electron chi connectivity index (χ3n) is 3.56. The summed E-state index contributed by atoms with van der Waals surface area (Å²) in [6, 6.07) is -0.348. The zero-order valence-electron chi connectivity index (χ0n) is 13.1. The van der Waals surface area contributed by atoms with Crippen LogP contribution in [0.4, 0.5) is 0 Å². The first-order chi connectivity index (χ1) is 10.6. The highest BCUT2D eigenvalue weighted by atomic mass is 32.2. The van der Waals surface area contributed by atoms with Gasteiger partial charge >= 0.3 is 0 Å². The third-order valence-corrected chi connectivity index (χ3v) is 5.36. The largest absolute Gasteiger partial charge is 0.341 e. The number of hydrogen-bond donors (Lipinski definition) is 0. The molecule has 0 aliphatic carbocycles. The van der Waals surface area contributed by atoms with Gasteiger partial charge in [-0.3, -0.25) is 9.59 Å². The molecule has 1 saturated heterocycles. The molecule has 5 nitrogen and oxygen atoms in total. The minimum atomic E-state index is -0.348. The molecular formula is C15H21N3O2S2. The number of thioether (sulfide) groups is 1. The highest BCUT2D eigenvalue weighted by Crippen LogP contribution is 2.23. The van der Waals surface area contributed by atoms with Gasteiger partial charge in [0.25, 0.3) is 0 Å². The van der Waals surface area contributed by atoms with E-state index in [-0.39, 0.29) is 17.9 Å². The minimum absolute atomic E-state index is 0.0428. The smallest absolute Gasteiger partial charge is 0.248 e. The highest BCUT2D eigenvalue weighted by Gasteiger charge is 2.35. The van der Waals surface area contributed by atoms with Crippen LogP contribution in [0.25, 0.3) is 6.08 Å². The molecule has 22 heavy (non-hydrogen) atoms. The van der Waals surface area contributed by atoms with E-state index in [0.717, 1.165) is 10.7 Å². The fraction of sp³-hybridized carbons (Fsp3) is 0.533. The Hall–Kier alpha value is -1.34. The standard InChI is InChI=1S/C15H21N3O2S2/c1-4-17(5-2)15(20)13-9-21-10-18(13)14(19)7-6-12-8-22-11(3)16-12/h6-8,13H,4-5,9-10H2,1-3H3/b7-6+/t13-/m0/s1. The lowest BCUT2D eigenvalue weighted by Crippen LogP contribution is -2.48. The first-order valence-corrected chi connectivity index (χ1v) is 9.37. The number of aromatic nitrogens is 1. The maximum Gasteiger partial charge on any atom is 0.248 e. The fourth-order valence-electron chi connectivity index (χ4n) is 2.32. The molecule has 0 spiro atoms. The summed E-state index contributed by atoms with van der Waals surface area (Å²) in [7, 11) is 0. The molecule has 1 aliphatic heterocycles. The van der Waals surface area contributed by atoms with Gasteiger partial charge in [0.05, 0.1) is 16.6 Å². The summed E-state index contributed by atoms with van der Waals surface area (Å²) in [4.78, 5) is 32.6. The van der Waals surface area contributed by atoms with Crippen molar-refractivity contribution in [2.45, 2.75) is 26.8 Å². The van der Waals surface area contributed by atoms with Crippen molar-refractivity contribution < 1.29 is 9.59 Å². The van der Waals surface area contributed by atoms with Crippen molar-refractivity contribution in [2.24, 2.45) is 0 Å². The SMILES string of the molecule is CCN(CC)C(=O)[C@@H]1CSCN1C(=O)/C=C/c1csc(C)n1. The molecule has 2 rings (SSSR count). The van der Waals surface area contributed by atoms with Crippen LogP contribution in [0.1, 0.15) is 24.5 Å². The first-order valence-electron chi connectivity index (χ1n) is 7.34. The van der Waals surface area contributed by atoms with Crippen molar-refractivity contribution in [1.29, 1.82) is 0 Å². The molecule has 120 valence electrons. The second-order valence-electron chi connectivity index (χ2n) is 4.96. The average Bonchev–Trinajstić information content (AvgIpc) is 3.14. The molecule has 0 bridgehead atoms. The highest BCUT2D eigenvalue weighted by molar-refractivity contribution is 7.99. The number of likely N-dealkylation sites (N-methyl/N-ethyl adjacent to an activating group) is 1. The summed E-state index contributed by atoms with van der Waals surface area (Å²) in [5.41, 5.74) is 0.786. The van der Waals surface area contributed by atoms with E-state index in [1.807, 2.05) is 26.2 Å². The molecule has 1 aromatic heterocycles. The van der Waals surface area contributed by atoms with Crippen LogP contribution in [-0.4, -0.2) is 57.4 Å². The van der Waals surface area contributed by atoms with E-state index in [2.05, 4.69) is 4.98 Å². The second kappa shape index (κ2) is 7.78. The Balaban J connectivity index is 2.04. The number of nitrogens with zero attached hydrogens (tertiary/aromatic N) is 3. The van der Waals surface area contributed by atoms with Crippen LogP contribution in [0.3, 0.4) is 0 Å². The number of carbonyl (C=O) groups excluding carboxylic acids is 2. The molecule has 2 heterocycles. The van der Waals surface area contributed by atoms with E-state index in [1.54, 1.807) is 39.0 Å². The van der Waals surface area contributed by atoms with Gasteiger partial charge < -0.3 is 9.80 Å². The number of aryl methyl sites for hydroxylation is 1. The molecule has 1 atom stereocenters. The van der Waals surface area contributed by atoms with Crippen molar-refractivity contribution in [3.63, 3.8) is 0 Å². The van der Waals surface area contributed by atoms with Gasteiger partial charge in [-0.15, -0.1) is 23.1 Å². The van der Waals surface area contributed by atoms with Crippen molar-refractivity contribution in [2.75, 3.05) is 24.7 Å². The molecular weight excluding hydrogens is 318 g/mol. The average molecular weight is 339 g/mol. The Bertz CT molecular complexity index is 567. The predicted molar refractivity (Wildman–Crippen MR) is 91.8 cm³/mol. The second-order valence-corrected chi connectivity index (χ2v) is 7.02. The summed E-state index contributed by atoms with van der Waals surface area (Å²) < 4.78 is 0. The van der Waals surface area contributed by atoms with E-state index in [1.165, 1.54) is 6.08 Å². The lowest BCUT2D eigenvalue weighted by Gasteiger charge is -2.27. The molecule has 0 radical (unpaired) electrons. The molecule has 1 aromatic rings. The maximum absolute atomic E-state index is 12.5. The normalized spacial score (nSPS) is 18.1. The molecule has 7 heteroatoms. The molecule has 0 aromatic carbocycles. The van der Waals surface area contributed by atoms with Gasteiger partial charge in [-0.25, -0.2) is 4.98 Å². The van der Waals surface area contributed by atoms with Crippen molar-refractivity contribution in [1.82, 2.24) is 14.8 Å². The van der Waals surface area contributed by atoms with Crippen LogP contribution in [0.2, 0.25) is 0 Å². The molecule has 1 aliphatic rings. The monoisotopic (exact) mass is 339 g/mol. The van der Waals surface area contributed by atoms with Crippen molar-refractivity contribution in [3.8, 4) is 0 Å². The van der Waals surface area contributed by atoms with Gasteiger partial charge in [-0.1, -0.05) is 0 Å². The number of rotatable bonds is 5. The van der Waals surface area contributed by atoms with Crippen LogP contribution in [0.5, 0.6) is 0 Å². The number of carbonyl (C=O) groups is 2. The number of amides is 2. The Kier molecular flexibility index (Phi) is 6.02. The van der Waals surface area contributed by atoms with Gasteiger partial charge in [0.1, 0.15) is 6.04 Å². The quantitative estimate of drug-likeness (QED) is 0.772. The third kappa shape index (κ3) is 3.89. The van der Waals surface area contributed by atoms with Crippen molar-refractivity contribution in [3.05, 3.63) is 22.2 Å². The molecule has 0 unspecified atom stereocenters. The Morgan fingerprint density at radius 1 is 1.45 bits per heavy atom. The molecule has 2 amide bonds. The van der Waals surface area contributed by atoms with Gasteiger partial charge in [-0.05, 0) is 26.8 Å². The van der Waals surface area contributed by atoms with E-state index in [9.17, 15) is 9.59 Å². The maximum atomic E-state index is 12.5. The van der Waals surface area contributed by atoms with Gasteiger partial charge in [0.15, 0.2) is 0 Å². The Labute approximate surface area is 139 Å². The van der Waals surface area contributed by atoms with E-state index in [4.69, 9.17) is 0 Å². The van der Waals surface area contributed by atoms with Gasteiger partial charge in [0, 0.05) is 30.3 Å². The summed E-state index contributed by atoms with van der Waals surface area (Å²) in [5.74, 6) is 1.16. The van der Waals surface area contributed by atoms with E-state index < -0.39 is 0 Å². The predicted octanol–water partition coefficient (Wildman–Crippen LogP) is 2.23. The van der Waals surface area contributed by atoms with Crippen LogP contribution in [0, 0.1) is 6.92 Å². The van der Waals surface area contributed by atoms with E-state index >= 15 is 0 Å². The van der Waals surface area contributed by atoms with Crippen LogP contribution in [0.15, 0.2) is 11.5 Å². The summed E-state index contributed by atoms with van der Waals surface area (Å²) in [6.07, 6.45) is 3.23. The van der Waals surface area contributed by atoms with E-state index in [0.29, 0.717) is 24.7 Å². The molecule has 0 saturated carbocycles. The lowest BCUT2D eigenvalue weighted by atomic mass is 10.2. The Morgan fingerprint density at radius 2 is 2.18 bits per heavy atom. The summed E-state index contributed by atoms with van der Waals surface area (Å²) in [5, 5.41) is 2.88. The minimum Gasteiger partial charge on any atom is -0.341 e. The van der Waals surface area contributed by atoms with Crippen molar-refractivity contribution >= 4 is 41.0 Å². The zero-order valence-corrected chi connectivity index (χ0v) is 14.7. The number of hydrogen-bond acceptors (Lipinski definition) is 5. The lowest BCUT2D eigenvalue weighted by molar-refractivity contribution is -0.140. The molecule has 0 N–H and O–H groups in total. The summed E-state index contributed by atoms with van der Waals surface area (Å²) >= 11 is 3.17. The van der Waals surface area contributed by atoms with Crippen LogP contribution < -0.4 is 0 Å². The first kappa shape index (κ1) is 17.0. The van der Waals surface area contributed by atoms with Crippen LogP contribution in [-0.2, 0) is 9.59 Å². The number of thiazole rings is 1.